The topological polar surface area (TPSA) is 43.9 Å². The molecule has 0 amide bonds. The van der Waals surface area contributed by atoms with Crippen molar-refractivity contribution in [2.24, 2.45) is 0 Å². The quantitative estimate of drug-likeness (QED) is 0.172. The fraction of sp³-hybridized carbons (Fsp3) is 0. The average molecular weight is 716 g/mol. The fourth-order valence-electron chi connectivity index (χ4n) is 8.15. The van der Waals surface area contributed by atoms with Gasteiger partial charge in [-0.15, -0.1) is 0 Å². The molecule has 3 heterocycles. The molecule has 8 aromatic carbocycles. The summed E-state index contributed by atoms with van der Waals surface area (Å²) in [6.07, 6.45) is 0. The first-order valence-electron chi connectivity index (χ1n) is 18.9. The highest BCUT2D eigenvalue weighted by Crippen LogP contribution is 2.41. The molecule has 56 heavy (non-hydrogen) atoms. The number of hydrogen-bond acceptors (Lipinski definition) is 3. The van der Waals surface area contributed by atoms with Crippen LogP contribution in [0.4, 0.5) is 0 Å². The summed E-state index contributed by atoms with van der Waals surface area (Å²) in [5, 5.41) is 4.57. The van der Waals surface area contributed by atoms with Gasteiger partial charge < -0.3 is 8.98 Å². The summed E-state index contributed by atoms with van der Waals surface area (Å²) >= 11 is 0. The zero-order chi connectivity index (χ0) is 37.0. The Bertz CT molecular complexity index is 3160. The lowest BCUT2D eigenvalue weighted by atomic mass is 9.97. The van der Waals surface area contributed by atoms with E-state index in [1.807, 2.05) is 36.4 Å². The van der Waals surface area contributed by atoms with Gasteiger partial charge in [0.1, 0.15) is 11.2 Å². The SMILES string of the molecule is c1ccc(-c2ccc3c4cc(-c5cccc6oc7cc(-c8nc(-c9ccccc9)cc(-c9ccccc9)n8)ccc7c56)ccc4n(-c4ccccc4)c3c2)cc1. The third kappa shape index (κ3) is 5.39. The highest BCUT2D eigenvalue weighted by atomic mass is 16.3. The van der Waals surface area contributed by atoms with Crippen LogP contribution in [0.3, 0.4) is 0 Å². The van der Waals surface area contributed by atoms with Crippen LogP contribution in [0.5, 0.6) is 0 Å². The van der Waals surface area contributed by atoms with Crippen LogP contribution in [0.2, 0.25) is 0 Å². The Morgan fingerprint density at radius 2 is 0.964 bits per heavy atom. The molecule has 4 nitrogen and oxygen atoms in total. The van der Waals surface area contributed by atoms with Crippen LogP contribution < -0.4 is 0 Å². The monoisotopic (exact) mass is 715 g/mol. The molecular weight excluding hydrogens is 683 g/mol. The summed E-state index contributed by atoms with van der Waals surface area (Å²) in [5.74, 6) is 0.656. The van der Waals surface area contributed by atoms with Gasteiger partial charge in [-0.25, -0.2) is 9.97 Å². The van der Waals surface area contributed by atoms with Crippen LogP contribution in [-0.2, 0) is 0 Å². The van der Waals surface area contributed by atoms with Crippen molar-refractivity contribution in [2.45, 2.75) is 0 Å². The van der Waals surface area contributed by atoms with Gasteiger partial charge in [0.2, 0.25) is 0 Å². The largest absolute Gasteiger partial charge is 0.456 e. The maximum absolute atomic E-state index is 6.62. The molecule has 0 saturated carbocycles. The minimum Gasteiger partial charge on any atom is -0.456 e. The number of nitrogens with zero attached hydrogens (tertiary/aromatic N) is 3. The molecule has 11 aromatic rings. The van der Waals surface area contributed by atoms with E-state index in [2.05, 4.69) is 168 Å². The van der Waals surface area contributed by atoms with Crippen molar-refractivity contribution in [3.63, 3.8) is 0 Å². The minimum absolute atomic E-state index is 0.656. The molecule has 0 aliphatic carbocycles. The highest BCUT2D eigenvalue weighted by Gasteiger charge is 2.19. The Balaban J connectivity index is 1.06. The lowest BCUT2D eigenvalue weighted by Crippen LogP contribution is -1.95. The zero-order valence-electron chi connectivity index (χ0n) is 30.3. The van der Waals surface area contributed by atoms with Crippen LogP contribution in [0.25, 0.3) is 106 Å². The van der Waals surface area contributed by atoms with Crippen molar-refractivity contribution >= 4 is 43.7 Å². The van der Waals surface area contributed by atoms with Crippen molar-refractivity contribution in [2.75, 3.05) is 0 Å². The van der Waals surface area contributed by atoms with Gasteiger partial charge in [-0.1, -0.05) is 146 Å². The molecule has 262 valence electrons. The van der Waals surface area contributed by atoms with Crippen molar-refractivity contribution in [1.29, 1.82) is 0 Å². The number of benzene rings is 8. The van der Waals surface area contributed by atoms with E-state index in [1.165, 1.54) is 32.9 Å². The summed E-state index contributed by atoms with van der Waals surface area (Å²) in [4.78, 5) is 10.1. The molecule has 0 N–H and O–H groups in total. The Hall–Kier alpha value is -7.56. The van der Waals surface area contributed by atoms with Gasteiger partial charge in [0.25, 0.3) is 0 Å². The molecule has 0 spiro atoms. The third-order valence-electron chi connectivity index (χ3n) is 10.8. The van der Waals surface area contributed by atoms with E-state index >= 15 is 0 Å². The van der Waals surface area contributed by atoms with Gasteiger partial charge >= 0.3 is 0 Å². The van der Waals surface area contributed by atoms with E-state index < -0.39 is 0 Å². The Morgan fingerprint density at radius 1 is 0.357 bits per heavy atom. The second-order valence-electron chi connectivity index (χ2n) is 14.2. The fourth-order valence-corrected chi connectivity index (χ4v) is 8.15. The molecule has 0 aliphatic rings. The Labute approximate surface area is 323 Å². The van der Waals surface area contributed by atoms with E-state index in [9.17, 15) is 0 Å². The van der Waals surface area contributed by atoms with Crippen LogP contribution >= 0.6 is 0 Å². The summed E-state index contributed by atoms with van der Waals surface area (Å²) in [6, 6.07) is 70.3. The molecule has 0 bridgehead atoms. The first-order valence-corrected chi connectivity index (χ1v) is 18.9. The van der Waals surface area contributed by atoms with Crippen molar-refractivity contribution in [3.05, 3.63) is 200 Å². The van der Waals surface area contributed by atoms with Gasteiger partial charge in [-0.2, -0.15) is 0 Å². The second-order valence-corrected chi connectivity index (χ2v) is 14.2. The number of para-hydroxylation sites is 1. The average Bonchev–Trinajstić information content (AvgIpc) is 3.82. The molecule has 4 heteroatoms. The van der Waals surface area contributed by atoms with Gasteiger partial charge in [0.15, 0.2) is 5.82 Å². The number of aromatic nitrogens is 3. The molecule has 0 radical (unpaired) electrons. The van der Waals surface area contributed by atoms with E-state index in [0.717, 1.165) is 66.8 Å². The first-order chi connectivity index (χ1) is 27.7. The van der Waals surface area contributed by atoms with Crippen molar-refractivity contribution in [1.82, 2.24) is 14.5 Å². The highest BCUT2D eigenvalue weighted by molar-refractivity contribution is 6.15. The minimum atomic E-state index is 0.656. The van der Waals surface area contributed by atoms with E-state index in [4.69, 9.17) is 14.4 Å². The van der Waals surface area contributed by atoms with Crippen LogP contribution in [0.15, 0.2) is 205 Å². The van der Waals surface area contributed by atoms with Gasteiger partial charge in [0, 0.05) is 43.9 Å². The predicted octanol–water partition coefficient (Wildman–Crippen LogP) is 13.8. The predicted molar refractivity (Wildman–Crippen MR) is 231 cm³/mol. The van der Waals surface area contributed by atoms with Crippen molar-refractivity contribution < 1.29 is 4.42 Å². The number of rotatable bonds is 6. The number of hydrogen-bond donors (Lipinski definition) is 0. The second kappa shape index (κ2) is 13.1. The lowest BCUT2D eigenvalue weighted by molar-refractivity contribution is 0.669. The summed E-state index contributed by atoms with van der Waals surface area (Å²) in [5.41, 5.74) is 14.5. The molecule has 0 aliphatic heterocycles. The summed E-state index contributed by atoms with van der Waals surface area (Å²) in [7, 11) is 0. The van der Waals surface area contributed by atoms with Gasteiger partial charge in [-0.3, -0.25) is 0 Å². The molecule has 0 fully saturated rings. The zero-order valence-corrected chi connectivity index (χ0v) is 30.3. The van der Waals surface area contributed by atoms with Crippen LogP contribution in [0, 0.1) is 0 Å². The maximum Gasteiger partial charge on any atom is 0.160 e. The van der Waals surface area contributed by atoms with Crippen LogP contribution in [0.1, 0.15) is 0 Å². The van der Waals surface area contributed by atoms with E-state index in [0.29, 0.717) is 5.82 Å². The Kier molecular flexibility index (Phi) is 7.46. The van der Waals surface area contributed by atoms with Gasteiger partial charge in [-0.05, 0) is 76.9 Å². The first kappa shape index (κ1) is 31.9. The van der Waals surface area contributed by atoms with Gasteiger partial charge in [0.05, 0.1) is 22.4 Å². The Morgan fingerprint density at radius 3 is 1.66 bits per heavy atom. The van der Waals surface area contributed by atoms with E-state index in [-0.39, 0.29) is 0 Å². The third-order valence-corrected chi connectivity index (χ3v) is 10.8. The molecule has 11 rings (SSSR count). The molecule has 0 unspecified atom stereocenters. The molecule has 3 aromatic heterocycles. The maximum atomic E-state index is 6.62. The smallest absolute Gasteiger partial charge is 0.160 e. The normalized spacial score (nSPS) is 11.6. The van der Waals surface area contributed by atoms with Crippen LogP contribution in [-0.4, -0.2) is 14.5 Å². The molecule has 0 saturated heterocycles. The lowest BCUT2D eigenvalue weighted by Gasteiger charge is -2.10. The summed E-state index contributed by atoms with van der Waals surface area (Å²) in [6.45, 7) is 0. The molecule has 0 atom stereocenters. The summed E-state index contributed by atoms with van der Waals surface area (Å²) < 4.78 is 9.00. The van der Waals surface area contributed by atoms with E-state index in [1.54, 1.807) is 0 Å². The number of fused-ring (bicyclic) bond motifs is 6. The standard InChI is InChI=1S/C52H33N3O/c1-5-14-34(15-6-1)37-24-27-42-44-30-38(26-29-47(44)55(48(42)31-37)40-20-11-4-12-21-40)41-22-13-23-49-51(41)43-28-25-39(32-50(43)56-49)52-53-45(35-16-7-2-8-17-35)33-46(54-52)36-18-9-3-10-19-36/h1-33H. The number of furan rings is 1. The van der Waals surface area contributed by atoms with Crippen molar-refractivity contribution in [3.8, 4) is 61.8 Å². The molecular formula is C52H33N3O.